The van der Waals surface area contributed by atoms with E-state index in [0.29, 0.717) is 5.56 Å². The van der Waals surface area contributed by atoms with Crippen LogP contribution in [0.15, 0.2) is 42.5 Å². The highest BCUT2D eigenvalue weighted by Gasteiger charge is 2.35. The average Bonchev–Trinajstić information content (AvgIpc) is 2.44. The zero-order valence-electron chi connectivity index (χ0n) is 11.3. The molecule has 1 nitrogen and oxygen atoms in total. The van der Waals surface area contributed by atoms with Gasteiger partial charge in [0.15, 0.2) is 0 Å². The Morgan fingerprint density at radius 1 is 0.870 bits per heavy atom. The van der Waals surface area contributed by atoms with Crippen molar-refractivity contribution in [1.82, 2.24) is 0 Å². The largest absolute Gasteiger partial charge is 0.573 e. The fraction of sp³-hybridized carbons (Fsp3) is 0.200. The van der Waals surface area contributed by atoms with Gasteiger partial charge in [-0.2, -0.15) is 13.2 Å². The monoisotopic (exact) mass is 398 g/mol. The number of ether oxygens (including phenoxy) is 1. The summed E-state index contributed by atoms with van der Waals surface area (Å²) >= 11 is 3.12. The smallest absolute Gasteiger partial charge is 0.406 e. The van der Waals surface area contributed by atoms with E-state index in [1.54, 1.807) is 0 Å². The molecule has 0 saturated heterocycles. The second-order valence-electron chi connectivity index (χ2n) is 4.54. The minimum absolute atomic E-state index is 0.0737. The van der Waals surface area contributed by atoms with Crippen molar-refractivity contribution in [2.45, 2.75) is 17.9 Å². The van der Waals surface area contributed by atoms with Gasteiger partial charge in [0, 0.05) is 5.33 Å². The third-order valence-corrected chi connectivity index (χ3v) is 3.58. The predicted molar refractivity (Wildman–Crippen MR) is 76.2 cm³/mol. The number of hydrogen-bond acceptors (Lipinski definition) is 1. The van der Waals surface area contributed by atoms with Gasteiger partial charge in [0.25, 0.3) is 0 Å². The SMILES string of the molecule is FC(F)(F)Oc1ccc(-c2c(CBr)cccc2C(F)(F)F)cc1. The Hall–Kier alpha value is -1.70. The molecule has 0 spiro atoms. The average molecular weight is 399 g/mol. The molecule has 0 aromatic heterocycles. The Balaban J connectivity index is 2.49. The van der Waals surface area contributed by atoms with Crippen molar-refractivity contribution in [2.75, 3.05) is 0 Å². The molecule has 0 N–H and O–H groups in total. The van der Waals surface area contributed by atoms with E-state index in [2.05, 4.69) is 20.7 Å². The van der Waals surface area contributed by atoms with Crippen molar-refractivity contribution < 1.29 is 31.1 Å². The summed E-state index contributed by atoms with van der Waals surface area (Å²) in [5.74, 6) is -0.494. The van der Waals surface area contributed by atoms with Crippen molar-refractivity contribution in [3.63, 3.8) is 0 Å². The van der Waals surface area contributed by atoms with Crippen LogP contribution in [0.1, 0.15) is 11.1 Å². The molecule has 0 atom stereocenters. The van der Waals surface area contributed by atoms with E-state index in [4.69, 9.17) is 0 Å². The van der Waals surface area contributed by atoms with Crippen LogP contribution >= 0.6 is 15.9 Å². The van der Waals surface area contributed by atoms with Gasteiger partial charge in [-0.1, -0.05) is 40.2 Å². The highest BCUT2D eigenvalue weighted by Crippen LogP contribution is 2.40. The van der Waals surface area contributed by atoms with E-state index in [9.17, 15) is 26.3 Å². The first-order valence-electron chi connectivity index (χ1n) is 6.23. The number of alkyl halides is 7. The van der Waals surface area contributed by atoms with Gasteiger partial charge in [-0.05, 0) is 34.9 Å². The fourth-order valence-electron chi connectivity index (χ4n) is 2.11. The van der Waals surface area contributed by atoms with Gasteiger partial charge in [-0.3, -0.25) is 0 Å². The lowest BCUT2D eigenvalue weighted by atomic mass is 9.94. The number of benzene rings is 2. The molecule has 0 amide bonds. The van der Waals surface area contributed by atoms with Crippen LogP contribution in [0.4, 0.5) is 26.3 Å². The molecular formula is C15H9BrF6O. The van der Waals surface area contributed by atoms with Gasteiger partial charge in [-0.25, -0.2) is 0 Å². The summed E-state index contributed by atoms with van der Waals surface area (Å²) in [6.45, 7) is 0. The van der Waals surface area contributed by atoms with Crippen LogP contribution in [-0.2, 0) is 11.5 Å². The minimum Gasteiger partial charge on any atom is -0.406 e. The Morgan fingerprint density at radius 2 is 1.48 bits per heavy atom. The maximum absolute atomic E-state index is 13.2. The van der Waals surface area contributed by atoms with Gasteiger partial charge >= 0.3 is 12.5 Å². The highest BCUT2D eigenvalue weighted by molar-refractivity contribution is 9.08. The van der Waals surface area contributed by atoms with E-state index in [-0.39, 0.29) is 16.5 Å². The molecule has 2 aromatic carbocycles. The van der Waals surface area contributed by atoms with Crippen LogP contribution in [0.25, 0.3) is 11.1 Å². The number of halogens is 7. The van der Waals surface area contributed by atoms with Gasteiger partial charge in [0.05, 0.1) is 5.56 Å². The minimum atomic E-state index is -4.85. The Bertz CT molecular complexity index is 676. The lowest BCUT2D eigenvalue weighted by Crippen LogP contribution is -2.17. The van der Waals surface area contributed by atoms with Crippen LogP contribution < -0.4 is 4.74 Å². The lowest BCUT2D eigenvalue weighted by Gasteiger charge is -2.17. The van der Waals surface area contributed by atoms with Gasteiger partial charge < -0.3 is 4.74 Å². The van der Waals surface area contributed by atoms with Gasteiger partial charge in [-0.15, -0.1) is 13.2 Å². The molecule has 2 rings (SSSR count). The van der Waals surface area contributed by atoms with E-state index >= 15 is 0 Å². The maximum atomic E-state index is 13.2. The second-order valence-corrected chi connectivity index (χ2v) is 5.10. The van der Waals surface area contributed by atoms with Crippen LogP contribution in [0.3, 0.4) is 0 Å². The molecule has 0 heterocycles. The first-order chi connectivity index (χ1) is 10.6. The zero-order valence-corrected chi connectivity index (χ0v) is 12.9. The molecule has 23 heavy (non-hydrogen) atoms. The summed E-state index contributed by atoms with van der Waals surface area (Å²) in [7, 11) is 0. The first kappa shape index (κ1) is 17.7. The van der Waals surface area contributed by atoms with Gasteiger partial charge in [0.1, 0.15) is 5.75 Å². The van der Waals surface area contributed by atoms with Crippen molar-refractivity contribution in [1.29, 1.82) is 0 Å². The van der Waals surface area contributed by atoms with Crippen LogP contribution in [0.2, 0.25) is 0 Å². The molecule has 8 heteroatoms. The molecule has 2 aromatic rings. The van der Waals surface area contributed by atoms with Crippen LogP contribution in [0, 0.1) is 0 Å². The molecule has 0 fully saturated rings. The van der Waals surface area contributed by atoms with Gasteiger partial charge in [0.2, 0.25) is 0 Å². The Kier molecular flexibility index (Phi) is 4.93. The van der Waals surface area contributed by atoms with Crippen molar-refractivity contribution in [3.8, 4) is 16.9 Å². The number of rotatable bonds is 3. The number of hydrogen-bond donors (Lipinski definition) is 0. The summed E-state index contributed by atoms with van der Waals surface area (Å²) in [5, 5.41) is 0.174. The fourth-order valence-corrected chi connectivity index (χ4v) is 2.58. The van der Waals surface area contributed by atoms with Crippen molar-refractivity contribution >= 4 is 15.9 Å². The van der Waals surface area contributed by atoms with E-state index in [1.807, 2.05) is 0 Å². The van der Waals surface area contributed by atoms with Crippen molar-refractivity contribution in [3.05, 3.63) is 53.6 Å². The first-order valence-corrected chi connectivity index (χ1v) is 7.35. The molecule has 0 aliphatic heterocycles. The molecule has 0 saturated carbocycles. The van der Waals surface area contributed by atoms with E-state index in [0.717, 1.165) is 30.3 Å². The van der Waals surface area contributed by atoms with Crippen LogP contribution in [0.5, 0.6) is 5.75 Å². The van der Waals surface area contributed by atoms with E-state index < -0.39 is 23.9 Å². The molecule has 0 bridgehead atoms. The third kappa shape index (κ3) is 4.40. The maximum Gasteiger partial charge on any atom is 0.573 e. The summed E-state index contributed by atoms with van der Waals surface area (Å²) in [4.78, 5) is 0. The summed E-state index contributed by atoms with van der Waals surface area (Å²) in [6.07, 6.45) is -9.43. The molecule has 0 aliphatic carbocycles. The quantitative estimate of drug-likeness (QED) is 0.444. The molecule has 0 unspecified atom stereocenters. The lowest BCUT2D eigenvalue weighted by molar-refractivity contribution is -0.274. The predicted octanol–water partition coefficient (Wildman–Crippen LogP) is 6.17. The standard InChI is InChI=1S/C15H9BrF6O/c16-8-10-2-1-3-12(14(17,18)19)13(10)9-4-6-11(7-5-9)23-15(20,21)22/h1-7H,8H2. The molecule has 124 valence electrons. The highest BCUT2D eigenvalue weighted by atomic mass is 79.9. The Labute approximate surface area is 136 Å². The van der Waals surface area contributed by atoms with Crippen molar-refractivity contribution in [2.24, 2.45) is 0 Å². The summed E-state index contributed by atoms with van der Waals surface area (Å²) in [5.41, 5.74) is -0.388. The molecule has 0 radical (unpaired) electrons. The van der Waals surface area contributed by atoms with E-state index in [1.165, 1.54) is 12.1 Å². The second kappa shape index (κ2) is 6.43. The summed E-state index contributed by atoms with van der Waals surface area (Å²) in [6, 6.07) is 8.02. The normalized spacial score (nSPS) is 12.3. The summed E-state index contributed by atoms with van der Waals surface area (Å²) < 4.78 is 79.6. The van der Waals surface area contributed by atoms with Crippen LogP contribution in [-0.4, -0.2) is 6.36 Å². The third-order valence-electron chi connectivity index (χ3n) is 2.98. The zero-order chi connectivity index (χ0) is 17.3. The topological polar surface area (TPSA) is 9.23 Å². The Morgan fingerprint density at radius 3 is 1.96 bits per heavy atom. The molecule has 0 aliphatic rings. The molecular weight excluding hydrogens is 390 g/mol.